The van der Waals surface area contributed by atoms with Crippen LogP contribution in [0.3, 0.4) is 0 Å². The van der Waals surface area contributed by atoms with Crippen LogP contribution < -0.4 is 15.6 Å². The Balaban J connectivity index is 1.57. The minimum atomic E-state index is -2.73. The Morgan fingerprint density at radius 2 is 1.77 bits per heavy atom. The smallest absolute Gasteiger partial charge is 0.278 e. The molecular formula is C31H23FN5O6S-. The van der Waals surface area contributed by atoms with Crippen LogP contribution in [0.4, 0.5) is 10.1 Å². The van der Waals surface area contributed by atoms with Gasteiger partial charge in [0.15, 0.2) is 0 Å². The summed E-state index contributed by atoms with van der Waals surface area (Å²) in [6.45, 7) is -0.400. The summed E-state index contributed by atoms with van der Waals surface area (Å²) >= 11 is -2.73. The minimum absolute atomic E-state index is 0.118. The molecule has 0 spiro atoms. The quantitative estimate of drug-likeness (QED) is 0.216. The van der Waals surface area contributed by atoms with Crippen molar-refractivity contribution in [3.05, 3.63) is 112 Å². The van der Waals surface area contributed by atoms with E-state index in [-0.39, 0.29) is 33.5 Å². The van der Waals surface area contributed by atoms with E-state index in [4.69, 9.17) is 4.42 Å². The van der Waals surface area contributed by atoms with Crippen LogP contribution in [-0.2, 0) is 11.3 Å². The Morgan fingerprint density at radius 3 is 2.45 bits per heavy atom. The van der Waals surface area contributed by atoms with Gasteiger partial charge in [-0.15, -0.1) is 5.10 Å². The molecule has 0 saturated heterocycles. The van der Waals surface area contributed by atoms with Crippen molar-refractivity contribution in [1.82, 2.24) is 20.3 Å². The fourth-order valence-electron chi connectivity index (χ4n) is 5.14. The molecule has 0 radical (unpaired) electrons. The van der Waals surface area contributed by atoms with Crippen molar-refractivity contribution >= 4 is 44.7 Å². The molecule has 0 saturated carbocycles. The number of fused-ring (bicyclic) bond motifs is 2. The predicted octanol–water partition coefficient (Wildman–Crippen LogP) is 4.16. The van der Waals surface area contributed by atoms with Crippen molar-refractivity contribution in [2.24, 2.45) is 0 Å². The summed E-state index contributed by atoms with van der Waals surface area (Å²) < 4.78 is 46.7. The zero-order valence-electron chi connectivity index (χ0n) is 23.0. The van der Waals surface area contributed by atoms with Crippen LogP contribution in [0.5, 0.6) is 0 Å². The van der Waals surface area contributed by atoms with E-state index in [0.717, 1.165) is 4.68 Å². The van der Waals surface area contributed by atoms with Gasteiger partial charge < -0.3 is 24.1 Å². The predicted molar refractivity (Wildman–Crippen MR) is 162 cm³/mol. The summed E-state index contributed by atoms with van der Waals surface area (Å²) in [5.74, 6) is -0.778. The minimum Gasteiger partial charge on any atom is -0.755 e. The van der Waals surface area contributed by atoms with Gasteiger partial charge in [-0.25, -0.2) is 9.07 Å². The van der Waals surface area contributed by atoms with Crippen LogP contribution in [0.1, 0.15) is 22.0 Å². The first kappa shape index (κ1) is 28.9. The van der Waals surface area contributed by atoms with Gasteiger partial charge in [0.05, 0.1) is 23.2 Å². The van der Waals surface area contributed by atoms with Crippen molar-refractivity contribution in [1.29, 1.82) is 0 Å². The first-order valence-corrected chi connectivity index (χ1v) is 14.4. The highest BCUT2D eigenvalue weighted by Crippen LogP contribution is 2.40. The lowest BCUT2D eigenvalue weighted by Gasteiger charge is -2.17. The number of furan rings is 1. The van der Waals surface area contributed by atoms with Gasteiger partial charge >= 0.3 is 0 Å². The second kappa shape index (κ2) is 11.8. The third-order valence-electron chi connectivity index (χ3n) is 7.23. The van der Waals surface area contributed by atoms with Crippen molar-refractivity contribution in [2.75, 3.05) is 18.4 Å². The number of anilines is 1. The van der Waals surface area contributed by atoms with E-state index in [9.17, 15) is 27.8 Å². The van der Waals surface area contributed by atoms with E-state index in [2.05, 4.69) is 20.4 Å². The number of nitrogens with one attached hydrogen (secondary N) is 2. The zero-order valence-corrected chi connectivity index (χ0v) is 23.8. The Kier molecular flexibility index (Phi) is 7.74. The standard InChI is InChI=1S/C31H24FN5O6S/c1-33-30(39)28-23-14-21(25(35-44(41)42)15-27(23)43-29(28)18-7-10-20(32)11-8-18)19-9-12-24-22(13-19)31(40)37(36-34-24)26(16-38)17-5-3-2-4-6-17/h2-15,26,35,38H,16H2,1H3,(H,33,39)(H,41,42)/p-1. The van der Waals surface area contributed by atoms with E-state index < -0.39 is 41.2 Å². The molecule has 6 aromatic rings. The summed E-state index contributed by atoms with van der Waals surface area (Å²) in [7, 11) is 1.46. The summed E-state index contributed by atoms with van der Waals surface area (Å²) in [5, 5.41) is 21.5. The van der Waals surface area contributed by atoms with Gasteiger partial charge in [-0.2, -0.15) is 0 Å². The molecule has 0 aliphatic heterocycles. The third-order valence-corrected chi connectivity index (χ3v) is 7.62. The zero-order chi connectivity index (χ0) is 31.0. The largest absolute Gasteiger partial charge is 0.755 e. The van der Waals surface area contributed by atoms with Gasteiger partial charge in [0.2, 0.25) is 0 Å². The van der Waals surface area contributed by atoms with Crippen LogP contribution in [0.25, 0.3) is 44.3 Å². The lowest BCUT2D eigenvalue weighted by atomic mass is 9.98. The molecule has 6 rings (SSSR count). The molecular weight excluding hydrogens is 589 g/mol. The lowest BCUT2D eigenvalue weighted by molar-refractivity contribution is 0.0964. The second-order valence-electron chi connectivity index (χ2n) is 9.80. The first-order valence-electron chi connectivity index (χ1n) is 13.3. The second-order valence-corrected chi connectivity index (χ2v) is 10.5. The summed E-state index contributed by atoms with van der Waals surface area (Å²) in [6, 6.07) is 21.3. The fourth-order valence-corrected chi connectivity index (χ4v) is 5.48. The summed E-state index contributed by atoms with van der Waals surface area (Å²) in [4.78, 5) is 26.8. The van der Waals surface area contributed by atoms with E-state index >= 15 is 0 Å². The van der Waals surface area contributed by atoms with E-state index in [1.807, 2.05) is 6.07 Å². The SMILES string of the molecule is CNC(=O)c1c(-c2ccc(F)cc2)oc2cc(NS(=O)[O-])c(-c3ccc4nnn(C(CO)c5ccccc5)c(=O)c4c3)cc12. The van der Waals surface area contributed by atoms with Gasteiger partial charge in [-0.3, -0.25) is 13.8 Å². The fraction of sp³-hybridized carbons (Fsp3) is 0.0968. The average Bonchev–Trinajstić information content (AvgIpc) is 3.40. The van der Waals surface area contributed by atoms with Crippen molar-refractivity contribution in [3.63, 3.8) is 0 Å². The third kappa shape index (κ3) is 5.24. The molecule has 222 valence electrons. The number of nitrogens with zero attached hydrogens (tertiary/aromatic N) is 3. The number of carbonyl (C=O) groups excluding carboxylic acids is 1. The number of rotatable bonds is 8. The molecule has 2 atom stereocenters. The maximum atomic E-state index is 13.7. The van der Waals surface area contributed by atoms with E-state index in [1.54, 1.807) is 48.5 Å². The summed E-state index contributed by atoms with van der Waals surface area (Å²) in [6.07, 6.45) is 0. The van der Waals surface area contributed by atoms with Gasteiger partial charge in [-0.05, 0) is 53.6 Å². The molecule has 2 aromatic heterocycles. The number of hydrogen-bond acceptors (Lipinski definition) is 8. The molecule has 2 unspecified atom stereocenters. The molecule has 0 bridgehead atoms. The highest BCUT2D eigenvalue weighted by molar-refractivity contribution is 7.80. The topological polar surface area (TPSA) is 162 Å². The molecule has 4 aromatic carbocycles. The number of aromatic nitrogens is 3. The Bertz CT molecular complexity index is 2120. The average molecular weight is 613 g/mol. The van der Waals surface area contributed by atoms with Crippen molar-refractivity contribution in [3.8, 4) is 22.5 Å². The molecule has 3 N–H and O–H groups in total. The van der Waals surface area contributed by atoms with E-state index in [1.165, 1.54) is 37.4 Å². The van der Waals surface area contributed by atoms with Gasteiger partial charge in [0.25, 0.3) is 11.5 Å². The van der Waals surface area contributed by atoms with Gasteiger partial charge in [0, 0.05) is 40.9 Å². The highest BCUT2D eigenvalue weighted by Gasteiger charge is 2.24. The number of halogens is 1. The molecule has 0 fully saturated rings. The molecule has 1 amide bonds. The maximum Gasteiger partial charge on any atom is 0.278 e. The van der Waals surface area contributed by atoms with Crippen molar-refractivity contribution < 1.29 is 27.5 Å². The molecule has 11 nitrogen and oxygen atoms in total. The Morgan fingerprint density at radius 1 is 1.05 bits per heavy atom. The Labute approximate surface area is 251 Å². The first-order chi connectivity index (χ1) is 21.3. The van der Waals surface area contributed by atoms with Crippen LogP contribution in [-0.4, -0.2) is 48.4 Å². The molecule has 0 aliphatic rings. The van der Waals surface area contributed by atoms with Crippen LogP contribution in [0.15, 0.2) is 94.1 Å². The van der Waals surface area contributed by atoms with Crippen molar-refractivity contribution in [2.45, 2.75) is 6.04 Å². The molecule has 13 heteroatoms. The lowest BCUT2D eigenvalue weighted by Crippen LogP contribution is -2.31. The highest BCUT2D eigenvalue weighted by atomic mass is 32.2. The van der Waals surface area contributed by atoms with Crippen LogP contribution in [0.2, 0.25) is 0 Å². The molecule has 2 heterocycles. The molecule has 0 aliphatic carbocycles. The van der Waals surface area contributed by atoms with Gasteiger partial charge in [-0.1, -0.05) is 41.6 Å². The van der Waals surface area contributed by atoms with Gasteiger partial charge in [0.1, 0.15) is 28.7 Å². The maximum absolute atomic E-state index is 13.7. The monoisotopic (exact) mass is 612 g/mol. The number of carbonyl (C=O) groups is 1. The summed E-state index contributed by atoms with van der Waals surface area (Å²) in [5.41, 5.74) is 2.11. The van der Waals surface area contributed by atoms with E-state index in [0.29, 0.717) is 27.6 Å². The van der Waals surface area contributed by atoms with Crippen LogP contribution in [0, 0.1) is 5.82 Å². The normalized spacial score (nSPS) is 12.7. The number of aliphatic hydroxyl groups is 1. The van der Waals surface area contributed by atoms with Crippen LogP contribution >= 0.6 is 0 Å². The number of amides is 1. The molecule has 44 heavy (non-hydrogen) atoms. The number of benzene rings is 4. The number of aliphatic hydroxyl groups excluding tert-OH is 1. The number of hydrogen-bond donors (Lipinski definition) is 3. The Hall–Kier alpha value is -5.24.